The molecule has 0 fully saturated rings. The number of carboxylic acid groups (broad SMARTS) is 1. The van der Waals surface area contributed by atoms with Gasteiger partial charge in [-0.25, -0.2) is 0 Å². The Bertz CT molecular complexity index is 842. The van der Waals surface area contributed by atoms with E-state index >= 15 is 0 Å². The molecule has 134 valence electrons. The van der Waals surface area contributed by atoms with Crippen LogP contribution in [0.4, 0.5) is 0 Å². The number of nitrogens with one attached hydrogen (secondary N) is 1. The Morgan fingerprint density at radius 1 is 1.12 bits per heavy atom. The van der Waals surface area contributed by atoms with E-state index < -0.39 is 23.5 Å². The van der Waals surface area contributed by atoms with E-state index in [9.17, 15) is 19.8 Å². The SMILES string of the molecule is CC(C)(O)C#Cc1ccccc1C(=O)N[C@H](CC(=O)[O-])c1ccccc1. The predicted molar refractivity (Wildman–Crippen MR) is 95.9 cm³/mol. The smallest absolute Gasteiger partial charge is 0.253 e. The van der Waals surface area contributed by atoms with Crippen LogP contribution in [0, 0.1) is 11.8 Å². The maximum atomic E-state index is 12.7. The minimum absolute atomic E-state index is 0.309. The Morgan fingerprint density at radius 2 is 1.73 bits per heavy atom. The number of carbonyl (C=O) groups is 2. The number of rotatable bonds is 5. The molecule has 0 unspecified atom stereocenters. The molecule has 2 N–H and O–H groups in total. The average molecular weight is 350 g/mol. The fraction of sp³-hybridized carbons (Fsp3) is 0.238. The van der Waals surface area contributed by atoms with Crippen molar-refractivity contribution >= 4 is 11.9 Å². The second-order valence-corrected chi connectivity index (χ2v) is 6.37. The standard InChI is InChI=1S/C21H21NO4/c1-21(2,26)13-12-15-8-6-7-11-17(15)20(25)22-18(14-19(23)24)16-9-4-3-5-10-16/h3-11,18,26H,14H2,1-2H3,(H,22,25)(H,23,24)/p-1/t18-/m1/s1. The second-order valence-electron chi connectivity index (χ2n) is 6.37. The third-order valence-electron chi connectivity index (χ3n) is 3.55. The van der Waals surface area contributed by atoms with E-state index in [-0.39, 0.29) is 6.42 Å². The Hall–Kier alpha value is -3.10. The zero-order valence-corrected chi connectivity index (χ0v) is 14.7. The first-order valence-electron chi connectivity index (χ1n) is 8.16. The number of hydrogen-bond donors (Lipinski definition) is 2. The lowest BCUT2D eigenvalue weighted by atomic mass is 10.0. The molecule has 0 saturated carbocycles. The van der Waals surface area contributed by atoms with Crippen LogP contribution in [-0.4, -0.2) is 22.6 Å². The number of hydrogen-bond acceptors (Lipinski definition) is 4. The maximum Gasteiger partial charge on any atom is 0.253 e. The maximum absolute atomic E-state index is 12.7. The van der Waals surface area contributed by atoms with Crippen molar-refractivity contribution in [3.8, 4) is 11.8 Å². The molecular weight excluding hydrogens is 330 g/mol. The fourth-order valence-corrected chi connectivity index (χ4v) is 2.35. The van der Waals surface area contributed by atoms with Gasteiger partial charge in [-0.2, -0.15) is 0 Å². The molecule has 2 aromatic carbocycles. The number of carbonyl (C=O) groups excluding carboxylic acids is 2. The topological polar surface area (TPSA) is 89.5 Å². The quantitative estimate of drug-likeness (QED) is 0.798. The molecule has 0 aliphatic rings. The molecule has 0 spiro atoms. The summed E-state index contributed by atoms with van der Waals surface area (Å²) in [6.07, 6.45) is -0.340. The molecule has 26 heavy (non-hydrogen) atoms. The third kappa shape index (κ3) is 5.76. The molecule has 2 rings (SSSR count). The summed E-state index contributed by atoms with van der Waals surface area (Å²) in [6.45, 7) is 3.10. The summed E-state index contributed by atoms with van der Waals surface area (Å²) >= 11 is 0. The van der Waals surface area contributed by atoms with Gasteiger partial charge in [0.2, 0.25) is 0 Å². The van der Waals surface area contributed by atoms with Crippen molar-refractivity contribution in [2.24, 2.45) is 0 Å². The molecule has 1 atom stereocenters. The zero-order chi connectivity index (χ0) is 19.2. The molecule has 2 aromatic rings. The fourth-order valence-electron chi connectivity index (χ4n) is 2.35. The van der Waals surface area contributed by atoms with Crippen LogP contribution in [0.3, 0.4) is 0 Å². The largest absolute Gasteiger partial charge is 0.550 e. The molecule has 0 saturated heterocycles. The monoisotopic (exact) mass is 350 g/mol. The number of benzene rings is 2. The molecule has 1 amide bonds. The molecule has 0 aliphatic carbocycles. The van der Waals surface area contributed by atoms with Crippen LogP contribution >= 0.6 is 0 Å². The van der Waals surface area contributed by atoms with E-state index in [1.165, 1.54) is 0 Å². The van der Waals surface area contributed by atoms with Gasteiger partial charge in [0, 0.05) is 18.0 Å². The first-order valence-corrected chi connectivity index (χ1v) is 8.16. The lowest BCUT2D eigenvalue weighted by molar-refractivity contribution is -0.306. The van der Waals surface area contributed by atoms with Gasteiger partial charge in [-0.3, -0.25) is 4.79 Å². The van der Waals surface area contributed by atoms with Gasteiger partial charge in [-0.1, -0.05) is 54.3 Å². The van der Waals surface area contributed by atoms with E-state index in [4.69, 9.17) is 0 Å². The summed E-state index contributed by atoms with van der Waals surface area (Å²) in [6, 6.07) is 14.8. The number of amides is 1. The Kier molecular flexibility index (Phi) is 6.16. The van der Waals surface area contributed by atoms with Crippen LogP contribution in [0.1, 0.15) is 47.8 Å². The van der Waals surface area contributed by atoms with Gasteiger partial charge in [0.25, 0.3) is 5.91 Å². The summed E-state index contributed by atoms with van der Waals surface area (Å²) in [5, 5.41) is 23.6. The highest BCUT2D eigenvalue weighted by atomic mass is 16.4. The summed E-state index contributed by atoms with van der Waals surface area (Å²) in [5.74, 6) is 3.77. The normalized spacial score (nSPS) is 11.8. The predicted octanol–water partition coefficient (Wildman–Crippen LogP) is 1.42. The Morgan fingerprint density at radius 3 is 2.35 bits per heavy atom. The minimum Gasteiger partial charge on any atom is -0.550 e. The van der Waals surface area contributed by atoms with Gasteiger partial charge in [0.15, 0.2) is 0 Å². The average Bonchev–Trinajstić information content (AvgIpc) is 2.59. The molecule has 0 heterocycles. The second kappa shape index (κ2) is 8.32. The van der Waals surface area contributed by atoms with Crippen molar-refractivity contribution < 1.29 is 19.8 Å². The van der Waals surface area contributed by atoms with Gasteiger partial charge in [0.1, 0.15) is 5.60 Å². The number of aliphatic carboxylic acids is 1. The summed E-state index contributed by atoms with van der Waals surface area (Å²) in [5.41, 5.74) is 0.242. The number of aliphatic hydroxyl groups is 1. The van der Waals surface area contributed by atoms with Gasteiger partial charge in [-0.15, -0.1) is 0 Å². The molecule has 0 aliphatic heterocycles. The molecule has 0 bridgehead atoms. The molecular formula is C21H20NO4-. The Balaban J connectivity index is 2.30. The van der Waals surface area contributed by atoms with Gasteiger partial charge in [-0.05, 0) is 31.5 Å². The summed E-state index contributed by atoms with van der Waals surface area (Å²) in [7, 11) is 0. The summed E-state index contributed by atoms with van der Waals surface area (Å²) < 4.78 is 0. The van der Waals surface area contributed by atoms with Crippen molar-refractivity contribution in [1.29, 1.82) is 0 Å². The highest BCUT2D eigenvalue weighted by Crippen LogP contribution is 2.18. The zero-order valence-electron chi connectivity index (χ0n) is 14.7. The van der Waals surface area contributed by atoms with Crippen LogP contribution in [0.15, 0.2) is 54.6 Å². The van der Waals surface area contributed by atoms with E-state index in [0.29, 0.717) is 16.7 Å². The first kappa shape index (κ1) is 19.2. The van der Waals surface area contributed by atoms with Crippen molar-refractivity contribution in [3.63, 3.8) is 0 Å². The van der Waals surface area contributed by atoms with Crippen LogP contribution in [0.5, 0.6) is 0 Å². The highest BCUT2D eigenvalue weighted by Gasteiger charge is 2.18. The molecule has 5 nitrogen and oxygen atoms in total. The van der Waals surface area contributed by atoms with Crippen molar-refractivity contribution in [3.05, 3.63) is 71.3 Å². The number of carboxylic acids is 1. The van der Waals surface area contributed by atoms with Crippen LogP contribution in [0.2, 0.25) is 0 Å². The van der Waals surface area contributed by atoms with Gasteiger partial charge in [0.05, 0.1) is 11.6 Å². The van der Waals surface area contributed by atoms with E-state index in [1.54, 1.807) is 62.4 Å². The van der Waals surface area contributed by atoms with Gasteiger partial charge >= 0.3 is 0 Å². The molecule has 0 aromatic heterocycles. The van der Waals surface area contributed by atoms with E-state index in [0.717, 1.165) is 0 Å². The van der Waals surface area contributed by atoms with Crippen molar-refractivity contribution in [1.82, 2.24) is 5.32 Å². The first-order chi connectivity index (χ1) is 12.3. The van der Waals surface area contributed by atoms with Crippen molar-refractivity contribution in [2.45, 2.75) is 31.9 Å². The lowest BCUT2D eigenvalue weighted by Crippen LogP contribution is -2.34. The lowest BCUT2D eigenvalue weighted by Gasteiger charge is -2.20. The van der Waals surface area contributed by atoms with E-state index in [2.05, 4.69) is 17.2 Å². The summed E-state index contributed by atoms with van der Waals surface area (Å²) in [4.78, 5) is 23.8. The highest BCUT2D eigenvalue weighted by molar-refractivity contribution is 5.97. The van der Waals surface area contributed by atoms with Crippen molar-refractivity contribution in [2.75, 3.05) is 0 Å². The third-order valence-corrected chi connectivity index (χ3v) is 3.55. The van der Waals surface area contributed by atoms with Crippen LogP contribution in [0.25, 0.3) is 0 Å². The molecule has 0 radical (unpaired) electrons. The van der Waals surface area contributed by atoms with Gasteiger partial charge < -0.3 is 20.3 Å². The Labute approximate surface area is 152 Å². The molecule has 5 heteroatoms. The minimum atomic E-state index is -1.26. The van der Waals surface area contributed by atoms with Crippen LogP contribution < -0.4 is 10.4 Å². The van der Waals surface area contributed by atoms with E-state index in [1.807, 2.05) is 6.07 Å². The van der Waals surface area contributed by atoms with Crippen LogP contribution in [-0.2, 0) is 4.79 Å².